The predicted octanol–water partition coefficient (Wildman–Crippen LogP) is 8.24. The van der Waals surface area contributed by atoms with Crippen molar-refractivity contribution in [2.45, 2.75) is 103 Å². The molecule has 0 radical (unpaired) electrons. The van der Waals surface area contributed by atoms with Crippen LogP contribution in [0.4, 0.5) is 0 Å². The third kappa shape index (κ3) is 5.32. The Hall–Kier alpha value is -1.01. The van der Waals surface area contributed by atoms with E-state index in [9.17, 15) is 0 Å². The average Bonchev–Trinajstić information content (AvgIpc) is 3.11. The zero-order chi connectivity index (χ0) is 21.4. The largest absolute Gasteiger partial charge is 0.544 e. The van der Waals surface area contributed by atoms with Gasteiger partial charge in [-0.25, -0.2) is 0 Å². The zero-order valence-corrected chi connectivity index (χ0v) is 22.0. The molecule has 0 aromatic heterocycles. The molecule has 2 rings (SSSR count). The van der Waals surface area contributed by atoms with Gasteiger partial charge in [-0.15, -0.1) is 0 Å². The molecule has 0 spiro atoms. The van der Waals surface area contributed by atoms with Gasteiger partial charge in [0.1, 0.15) is 11.5 Å². The quantitative estimate of drug-likeness (QED) is 0.387. The van der Waals surface area contributed by atoms with Gasteiger partial charge in [0, 0.05) is 0 Å². The van der Waals surface area contributed by atoms with Gasteiger partial charge in [0.05, 0.1) is 0 Å². The molecule has 0 saturated carbocycles. The molecule has 0 atom stereocenters. The SMILES string of the molecule is CC(C)(C)[Si](C)(C)OC1=CCC=C1CCC1=CCC=C1O[Si](C)(C)C(C)(C)C. The van der Waals surface area contributed by atoms with Gasteiger partial charge in [-0.3, -0.25) is 0 Å². The maximum absolute atomic E-state index is 6.62. The molecule has 0 bridgehead atoms. The van der Waals surface area contributed by atoms with Gasteiger partial charge in [0.15, 0.2) is 0 Å². The first-order valence-electron chi connectivity index (χ1n) is 10.8. The van der Waals surface area contributed by atoms with Crippen molar-refractivity contribution >= 4 is 16.6 Å². The van der Waals surface area contributed by atoms with Gasteiger partial charge in [0.25, 0.3) is 0 Å². The highest BCUT2D eigenvalue weighted by Gasteiger charge is 2.41. The summed E-state index contributed by atoms with van der Waals surface area (Å²) in [6, 6.07) is 0. The molecule has 2 nitrogen and oxygen atoms in total. The van der Waals surface area contributed by atoms with E-state index in [1.165, 1.54) is 11.1 Å². The van der Waals surface area contributed by atoms with Crippen LogP contribution in [-0.2, 0) is 8.85 Å². The van der Waals surface area contributed by atoms with Crippen LogP contribution in [0, 0.1) is 0 Å². The van der Waals surface area contributed by atoms with E-state index in [2.05, 4.69) is 92.0 Å². The lowest BCUT2D eigenvalue weighted by Crippen LogP contribution is -2.40. The molecular weight excluding hydrogens is 376 g/mol. The summed E-state index contributed by atoms with van der Waals surface area (Å²) in [6.07, 6.45) is 13.3. The summed E-state index contributed by atoms with van der Waals surface area (Å²) in [5.74, 6) is 2.28. The van der Waals surface area contributed by atoms with Crippen molar-refractivity contribution in [2.24, 2.45) is 0 Å². The fraction of sp³-hybridized carbons (Fsp3) is 0.667. The summed E-state index contributed by atoms with van der Waals surface area (Å²) in [4.78, 5) is 0. The molecule has 0 aromatic carbocycles. The molecule has 0 unspecified atom stereocenters. The van der Waals surface area contributed by atoms with Crippen LogP contribution in [-0.4, -0.2) is 16.6 Å². The molecule has 0 N–H and O–H groups in total. The van der Waals surface area contributed by atoms with Crippen LogP contribution in [0.5, 0.6) is 0 Å². The highest BCUT2D eigenvalue weighted by molar-refractivity contribution is 6.74. The Morgan fingerprint density at radius 2 is 0.964 bits per heavy atom. The van der Waals surface area contributed by atoms with E-state index in [0.29, 0.717) is 0 Å². The number of hydrogen-bond donors (Lipinski definition) is 0. The molecule has 0 aromatic rings. The Labute approximate surface area is 176 Å². The highest BCUT2D eigenvalue weighted by Crippen LogP contribution is 2.42. The van der Waals surface area contributed by atoms with Crippen molar-refractivity contribution in [3.05, 3.63) is 47.0 Å². The molecular formula is C24H42O2Si2. The molecule has 0 heterocycles. The molecule has 0 amide bonds. The number of allylic oxidation sites excluding steroid dienone is 6. The number of hydrogen-bond acceptors (Lipinski definition) is 2. The Balaban J connectivity index is 1.99. The lowest BCUT2D eigenvalue weighted by molar-refractivity contribution is 0.386. The van der Waals surface area contributed by atoms with Crippen LogP contribution in [0.1, 0.15) is 67.2 Å². The average molecular weight is 419 g/mol. The van der Waals surface area contributed by atoms with Crippen molar-refractivity contribution in [1.29, 1.82) is 0 Å². The summed E-state index contributed by atoms with van der Waals surface area (Å²) in [6.45, 7) is 23.1. The maximum atomic E-state index is 6.62. The van der Waals surface area contributed by atoms with Gasteiger partial charge < -0.3 is 8.85 Å². The van der Waals surface area contributed by atoms with E-state index in [0.717, 1.165) is 37.2 Å². The summed E-state index contributed by atoms with van der Waals surface area (Å²) >= 11 is 0. The van der Waals surface area contributed by atoms with E-state index in [1.54, 1.807) is 0 Å². The minimum absolute atomic E-state index is 0.225. The molecule has 0 saturated heterocycles. The van der Waals surface area contributed by atoms with Crippen LogP contribution in [0.15, 0.2) is 47.0 Å². The summed E-state index contributed by atoms with van der Waals surface area (Å²) in [5.41, 5.74) is 2.76. The fourth-order valence-electron chi connectivity index (χ4n) is 2.87. The molecule has 28 heavy (non-hydrogen) atoms. The number of rotatable bonds is 7. The van der Waals surface area contributed by atoms with Gasteiger partial charge in [-0.05, 0) is 85.2 Å². The summed E-state index contributed by atoms with van der Waals surface area (Å²) in [5, 5.41) is 0.449. The smallest absolute Gasteiger partial charge is 0.250 e. The second kappa shape index (κ2) is 8.02. The molecule has 0 fully saturated rings. The third-order valence-corrected chi connectivity index (χ3v) is 15.7. The summed E-state index contributed by atoms with van der Waals surface area (Å²) in [7, 11) is -3.59. The molecule has 2 aliphatic rings. The summed E-state index contributed by atoms with van der Waals surface area (Å²) < 4.78 is 13.2. The first kappa shape index (κ1) is 23.3. The molecule has 0 aliphatic heterocycles. The standard InChI is InChI=1S/C24H42O2Si2/c1-23(2,3)27(7,8)25-21-15-11-13-19(21)17-18-20-14-12-16-22(20)26-28(9,10)24(4,5)6/h13-16H,11-12,17-18H2,1-10H3. The second-order valence-electron chi connectivity index (χ2n) is 11.3. The van der Waals surface area contributed by atoms with Crippen LogP contribution in [0.3, 0.4) is 0 Å². The molecule has 4 heteroatoms. The topological polar surface area (TPSA) is 18.5 Å². The Kier molecular flexibility index (Phi) is 6.67. The fourth-order valence-corrected chi connectivity index (χ4v) is 5.01. The molecule has 158 valence electrons. The minimum Gasteiger partial charge on any atom is -0.544 e. The van der Waals surface area contributed by atoms with Crippen LogP contribution < -0.4 is 0 Å². The van der Waals surface area contributed by atoms with Crippen molar-refractivity contribution in [3.63, 3.8) is 0 Å². The van der Waals surface area contributed by atoms with Gasteiger partial charge in [-0.2, -0.15) is 0 Å². The first-order valence-corrected chi connectivity index (χ1v) is 16.6. The van der Waals surface area contributed by atoms with E-state index in [4.69, 9.17) is 8.85 Å². The van der Waals surface area contributed by atoms with E-state index in [-0.39, 0.29) is 10.1 Å². The van der Waals surface area contributed by atoms with Crippen LogP contribution in [0.2, 0.25) is 36.3 Å². The van der Waals surface area contributed by atoms with Gasteiger partial charge in [-0.1, -0.05) is 53.7 Å². The normalized spacial score (nSPS) is 18.5. The van der Waals surface area contributed by atoms with E-state index >= 15 is 0 Å². The molecule has 2 aliphatic carbocycles. The van der Waals surface area contributed by atoms with E-state index < -0.39 is 16.6 Å². The van der Waals surface area contributed by atoms with Gasteiger partial charge in [0.2, 0.25) is 16.6 Å². The first-order chi connectivity index (χ1) is 12.6. The van der Waals surface area contributed by atoms with Crippen molar-refractivity contribution in [1.82, 2.24) is 0 Å². The monoisotopic (exact) mass is 418 g/mol. The maximum Gasteiger partial charge on any atom is 0.250 e. The highest BCUT2D eigenvalue weighted by atomic mass is 28.4. The van der Waals surface area contributed by atoms with Crippen LogP contribution in [0.25, 0.3) is 0 Å². The lowest BCUT2D eigenvalue weighted by atomic mass is 10.0. The lowest BCUT2D eigenvalue weighted by Gasteiger charge is -2.38. The Morgan fingerprint density at radius 3 is 1.25 bits per heavy atom. The third-order valence-electron chi connectivity index (χ3n) is 6.97. The van der Waals surface area contributed by atoms with E-state index in [1.807, 2.05) is 0 Å². The Bertz CT molecular complexity index is 646. The van der Waals surface area contributed by atoms with Crippen molar-refractivity contribution in [2.75, 3.05) is 0 Å². The van der Waals surface area contributed by atoms with Crippen LogP contribution >= 0.6 is 0 Å². The predicted molar refractivity (Wildman–Crippen MR) is 127 cm³/mol. The second-order valence-corrected chi connectivity index (χ2v) is 20.7. The van der Waals surface area contributed by atoms with Gasteiger partial charge >= 0.3 is 0 Å². The Morgan fingerprint density at radius 1 is 0.643 bits per heavy atom. The van der Waals surface area contributed by atoms with Crippen molar-refractivity contribution in [3.8, 4) is 0 Å². The zero-order valence-electron chi connectivity index (χ0n) is 20.0. The minimum atomic E-state index is -1.79. The van der Waals surface area contributed by atoms with Crippen molar-refractivity contribution < 1.29 is 8.85 Å².